The second-order valence-electron chi connectivity index (χ2n) is 5.99. The van der Waals surface area contributed by atoms with Crippen LogP contribution in [0.3, 0.4) is 0 Å². The predicted octanol–water partition coefficient (Wildman–Crippen LogP) is 2.39. The highest BCUT2D eigenvalue weighted by Gasteiger charge is 2.29. The molecule has 7 nitrogen and oxygen atoms in total. The van der Waals surface area contributed by atoms with Crippen LogP contribution in [0.4, 0.5) is 5.82 Å². The first-order valence-electron chi connectivity index (χ1n) is 8.18. The molecule has 2 aromatic heterocycles. The number of hydrogen-bond acceptors (Lipinski definition) is 6. The number of carbonyl (C=O) groups is 1. The molecule has 1 fully saturated rings. The molecule has 0 bridgehead atoms. The van der Waals surface area contributed by atoms with Gasteiger partial charge in [0.2, 0.25) is 0 Å². The van der Waals surface area contributed by atoms with Crippen LogP contribution in [-0.4, -0.2) is 33.3 Å². The fourth-order valence-corrected chi connectivity index (χ4v) is 3.09. The summed E-state index contributed by atoms with van der Waals surface area (Å²) in [6.07, 6.45) is 2.86. The van der Waals surface area contributed by atoms with Crippen molar-refractivity contribution in [3.8, 4) is 0 Å². The Morgan fingerprint density at radius 1 is 1.24 bits per heavy atom. The van der Waals surface area contributed by atoms with Crippen molar-refractivity contribution in [2.24, 2.45) is 0 Å². The average Bonchev–Trinajstić information content (AvgIpc) is 3.27. The van der Waals surface area contributed by atoms with E-state index in [0.29, 0.717) is 11.4 Å². The van der Waals surface area contributed by atoms with E-state index in [2.05, 4.69) is 10.1 Å². The number of aromatic nitrogens is 3. The molecule has 1 saturated heterocycles. The minimum atomic E-state index is -0.332. The Labute approximate surface area is 144 Å². The van der Waals surface area contributed by atoms with Gasteiger partial charge < -0.3 is 15.2 Å². The van der Waals surface area contributed by atoms with Crippen LogP contribution in [0.15, 0.2) is 48.8 Å². The number of nitrogens with two attached hydrogens (primary N) is 1. The van der Waals surface area contributed by atoms with Crippen molar-refractivity contribution in [2.45, 2.75) is 25.0 Å². The van der Waals surface area contributed by atoms with Crippen LogP contribution in [0, 0.1) is 0 Å². The van der Waals surface area contributed by atoms with E-state index in [1.807, 2.05) is 30.3 Å². The van der Waals surface area contributed by atoms with Crippen LogP contribution in [0.2, 0.25) is 0 Å². The number of fused-ring (bicyclic) bond motifs is 1. The van der Waals surface area contributed by atoms with Gasteiger partial charge in [0.25, 0.3) is 0 Å². The third-order valence-electron chi connectivity index (χ3n) is 4.36. The maximum atomic E-state index is 12.0. The lowest BCUT2D eigenvalue weighted by atomic mass is 10.1. The minimum Gasteiger partial charge on any atom is -0.459 e. The normalized spacial score (nSPS) is 20.0. The summed E-state index contributed by atoms with van der Waals surface area (Å²) in [4.78, 5) is 16.0. The average molecular weight is 338 g/mol. The zero-order valence-corrected chi connectivity index (χ0v) is 13.5. The van der Waals surface area contributed by atoms with E-state index >= 15 is 0 Å². The van der Waals surface area contributed by atoms with Crippen LogP contribution in [0.25, 0.3) is 5.52 Å². The SMILES string of the molecule is Nc1ncnn2c(C3CCC(COC(=O)c4ccccc4)O3)ccc12. The highest BCUT2D eigenvalue weighted by molar-refractivity contribution is 5.89. The molecule has 7 heteroatoms. The molecule has 3 heterocycles. The summed E-state index contributed by atoms with van der Waals surface area (Å²) >= 11 is 0. The molecule has 1 aliphatic heterocycles. The summed E-state index contributed by atoms with van der Waals surface area (Å²) in [5.41, 5.74) is 8.10. The lowest BCUT2D eigenvalue weighted by molar-refractivity contribution is -0.00967. The van der Waals surface area contributed by atoms with Gasteiger partial charge in [-0.1, -0.05) is 18.2 Å². The third kappa shape index (κ3) is 3.06. The van der Waals surface area contributed by atoms with E-state index in [1.54, 1.807) is 16.6 Å². The van der Waals surface area contributed by atoms with Gasteiger partial charge in [0.1, 0.15) is 24.6 Å². The van der Waals surface area contributed by atoms with E-state index < -0.39 is 0 Å². The van der Waals surface area contributed by atoms with Crippen LogP contribution in [0.1, 0.15) is 35.0 Å². The number of benzene rings is 1. The summed E-state index contributed by atoms with van der Waals surface area (Å²) in [5.74, 6) is 0.105. The zero-order valence-electron chi connectivity index (χ0n) is 13.5. The molecule has 4 rings (SSSR count). The predicted molar refractivity (Wildman–Crippen MR) is 91.0 cm³/mol. The van der Waals surface area contributed by atoms with Gasteiger partial charge in [-0.3, -0.25) is 0 Å². The summed E-state index contributed by atoms with van der Waals surface area (Å²) in [6, 6.07) is 12.8. The second-order valence-corrected chi connectivity index (χ2v) is 5.99. The first-order valence-corrected chi connectivity index (χ1v) is 8.18. The summed E-state index contributed by atoms with van der Waals surface area (Å²) in [6.45, 7) is 0.241. The monoisotopic (exact) mass is 338 g/mol. The Kier molecular flexibility index (Phi) is 4.07. The topological polar surface area (TPSA) is 91.7 Å². The van der Waals surface area contributed by atoms with Crippen molar-refractivity contribution in [3.63, 3.8) is 0 Å². The standard InChI is InChI=1S/C18H18N4O3/c19-17-15-8-7-14(22(15)21-11-20-17)16-9-6-13(25-16)10-24-18(23)12-4-2-1-3-5-12/h1-5,7-8,11,13,16H,6,9-10H2,(H2,19,20,21). The van der Waals surface area contributed by atoms with Gasteiger partial charge in [-0.25, -0.2) is 14.3 Å². The maximum absolute atomic E-state index is 12.0. The van der Waals surface area contributed by atoms with Crippen molar-refractivity contribution in [3.05, 3.63) is 60.0 Å². The quantitative estimate of drug-likeness (QED) is 0.734. The summed E-state index contributed by atoms with van der Waals surface area (Å²) in [5, 5.41) is 4.25. The summed E-state index contributed by atoms with van der Waals surface area (Å²) < 4.78 is 13.2. The lowest BCUT2D eigenvalue weighted by Gasteiger charge is -2.14. The molecule has 0 amide bonds. The van der Waals surface area contributed by atoms with Crippen molar-refractivity contribution < 1.29 is 14.3 Å². The van der Waals surface area contributed by atoms with Gasteiger partial charge >= 0.3 is 5.97 Å². The first-order chi connectivity index (χ1) is 12.2. The van der Waals surface area contributed by atoms with E-state index in [1.165, 1.54) is 6.33 Å². The number of carbonyl (C=O) groups excluding carboxylic acids is 1. The molecule has 0 aliphatic carbocycles. The minimum absolute atomic E-state index is 0.0998. The molecule has 1 aliphatic rings. The first kappa shape index (κ1) is 15.6. The number of nitrogen functional groups attached to an aromatic ring is 1. The molecule has 2 atom stereocenters. The van der Waals surface area contributed by atoms with Crippen molar-refractivity contribution in [2.75, 3.05) is 12.3 Å². The maximum Gasteiger partial charge on any atom is 0.338 e. The second kappa shape index (κ2) is 6.52. The number of rotatable bonds is 4. The van der Waals surface area contributed by atoms with Gasteiger partial charge in [0.15, 0.2) is 5.82 Å². The molecule has 0 spiro atoms. The fourth-order valence-electron chi connectivity index (χ4n) is 3.09. The summed E-state index contributed by atoms with van der Waals surface area (Å²) in [7, 11) is 0. The molecule has 2 N–H and O–H groups in total. The Balaban J connectivity index is 1.40. The Bertz CT molecular complexity index is 894. The van der Waals surface area contributed by atoms with Crippen LogP contribution >= 0.6 is 0 Å². The molecular formula is C18H18N4O3. The Morgan fingerprint density at radius 2 is 2.08 bits per heavy atom. The number of nitrogens with zero attached hydrogens (tertiary/aromatic N) is 3. The van der Waals surface area contributed by atoms with Crippen molar-refractivity contribution >= 4 is 17.3 Å². The van der Waals surface area contributed by atoms with Gasteiger partial charge in [0.05, 0.1) is 17.4 Å². The number of esters is 1. The smallest absolute Gasteiger partial charge is 0.338 e. The van der Waals surface area contributed by atoms with Crippen molar-refractivity contribution in [1.29, 1.82) is 0 Å². The number of ether oxygens (including phenoxy) is 2. The third-order valence-corrected chi connectivity index (χ3v) is 4.36. The number of anilines is 1. The largest absolute Gasteiger partial charge is 0.459 e. The molecule has 128 valence electrons. The van der Waals surface area contributed by atoms with E-state index in [-0.39, 0.29) is 24.8 Å². The Hall–Kier alpha value is -2.93. The van der Waals surface area contributed by atoms with Crippen LogP contribution in [0.5, 0.6) is 0 Å². The molecular weight excluding hydrogens is 320 g/mol. The molecule has 1 aromatic carbocycles. The number of hydrogen-bond donors (Lipinski definition) is 1. The van der Waals surface area contributed by atoms with E-state index in [9.17, 15) is 4.79 Å². The molecule has 25 heavy (non-hydrogen) atoms. The van der Waals surface area contributed by atoms with E-state index in [4.69, 9.17) is 15.2 Å². The van der Waals surface area contributed by atoms with Crippen molar-refractivity contribution in [1.82, 2.24) is 14.6 Å². The molecule has 0 radical (unpaired) electrons. The van der Waals surface area contributed by atoms with E-state index in [0.717, 1.165) is 24.1 Å². The highest BCUT2D eigenvalue weighted by Crippen LogP contribution is 2.34. The Morgan fingerprint density at radius 3 is 2.92 bits per heavy atom. The van der Waals surface area contributed by atoms with Gasteiger partial charge in [-0.15, -0.1) is 0 Å². The van der Waals surface area contributed by atoms with Crippen LogP contribution in [-0.2, 0) is 9.47 Å². The van der Waals surface area contributed by atoms with Crippen LogP contribution < -0.4 is 5.73 Å². The zero-order chi connectivity index (χ0) is 17.2. The molecule has 3 aromatic rings. The van der Waals surface area contributed by atoms with Gasteiger partial charge in [-0.05, 0) is 37.1 Å². The fraction of sp³-hybridized carbons (Fsp3) is 0.278. The highest BCUT2D eigenvalue weighted by atomic mass is 16.6. The molecule has 2 unspecified atom stereocenters. The lowest BCUT2D eigenvalue weighted by Crippen LogP contribution is -2.18. The molecule has 0 saturated carbocycles. The van der Waals surface area contributed by atoms with Gasteiger partial charge in [0, 0.05) is 0 Å². The van der Waals surface area contributed by atoms with Gasteiger partial charge in [-0.2, -0.15) is 5.10 Å².